The van der Waals surface area contributed by atoms with Crippen molar-refractivity contribution in [2.45, 2.75) is 0 Å². The normalized spacial score (nSPS) is 12.1. The highest BCUT2D eigenvalue weighted by molar-refractivity contribution is 7.18. The SMILES string of the molecule is c1ccc(-n2c3ccccc3c3cc4c(cc32)c2ccc(-c3ccc(-c5ccc6c7cc8c(cc7n(-c7ccccc7)c6c5)c5ccccc5n8-c5ccccc5)s3)cc2n4-c2ccccc2)cc1. The zero-order chi connectivity index (χ0) is 45.2. The van der Waals surface area contributed by atoms with Crippen LogP contribution in [0.1, 0.15) is 0 Å². The van der Waals surface area contributed by atoms with E-state index in [1.807, 2.05) is 11.3 Å². The van der Waals surface area contributed by atoms with E-state index >= 15 is 0 Å². The first-order valence-corrected chi connectivity index (χ1v) is 24.4. The molecule has 0 unspecified atom stereocenters. The van der Waals surface area contributed by atoms with Crippen molar-refractivity contribution in [3.8, 4) is 43.6 Å². The Morgan fingerprint density at radius 3 is 0.826 bits per heavy atom. The topological polar surface area (TPSA) is 19.7 Å². The molecule has 0 aliphatic carbocycles. The van der Waals surface area contributed by atoms with Gasteiger partial charge in [-0.2, -0.15) is 0 Å². The second kappa shape index (κ2) is 14.8. The fourth-order valence-electron chi connectivity index (χ4n) is 11.3. The van der Waals surface area contributed by atoms with E-state index in [4.69, 9.17) is 0 Å². The van der Waals surface area contributed by atoms with Gasteiger partial charge in [0.15, 0.2) is 0 Å². The van der Waals surface area contributed by atoms with Crippen LogP contribution in [-0.2, 0) is 0 Å². The minimum atomic E-state index is 1.15. The molecule has 0 bridgehead atoms. The van der Waals surface area contributed by atoms with Crippen molar-refractivity contribution in [1.82, 2.24) is 18.3 Å². The van der Waals surface area contributed by atoms with Gasteiger partial charge in [-0.15, -0.1) is 11.3 Å². The van der Waals surface area contributed by atoms with E-state index in [0.29, 0.717) is 0 Å². The monoisotopic (exact) mass is 896 g/mol. The molecule has 10 aromatic carbocycles. The Hall–Kier alpha value is -8.90. The van der Waals surface area contributed by atoms with Gasteiger partial charge in [-0.1, -0.05) is 133 Å². The van der Waals surface area contributed by atoms with Crippen LogP contribution in [0.15, 0.2) is 243 Å². The van der Waals surface area contributed by atoms with Crippen LogP contribution in [0.4, 0.5) is 0 Å². The van der Waals surface area contributed by atoms with E-state index in [0.717, 1.165) is 22.7 Å². The summed E-state index contributed by atoms with van der Waals surface area (Å²) in [7, 11) is 0. The first kappa shape index (κ1) is 38.2. The van der Waals surface area contributed by atoms with Crippen LogP contribution in [-0.4, -0.2) is 18.3 Å². The summed E-state index contributed by atoms with van der Waals surface area (Å²) in [6, 6.07) is 89.1. The molecule has 0 N–H and O–H groups in total. The Labute approximate surface area is 401 Å². The maximum Gasteiger partial charge on any atom is 0.0548 e. The van der Waals surface area contributed by atoms with Gasteiger partial charge >= 0.3 is 0 Å². The fraction of sp³-hybridized carbons (Fsp3) is 0. The molecule has 0 aliphatic rings. The van der Waals surface area contributed by atoms with Crippen LogP contribution in [0.25, 0.3) is 131 Å². The van der Waals surface area contributed by atoms with Crippen molar-refractivity contribution < 1.29 is 0 Å². The summed E-state index contributed by atoms with van der Waals surface area (Å²) in [6.45, 7) is 0. The van der Waals surface area contributed by atoms with Crippen molar-refractivity contribution in [3.63, 3.8) is 0 Å². The summed E-state index contributed by atoms with van der Waals surface area (Å²) < 4.78 is 9.75. The van der Waals surface area contributed by atoms with Gasteiger partial charge in [0.05, 0.1) is 44.1 Å². The Balaban J connectivity index is 0.899. The number of hydrogen-bond donors (Lipinski definition) is 0. The van der Waals surface area contributed by atoms with Crippen LogP contribution in [0.3, 0.4) is 0 Å². The lowest BCUT2D eigenvalue weighted by Gasteiger charge is -2.09. The Morgan fingerprint density at radius 1 is 0.203 bits per heavy atom. The van der Waals surface area contributed by atoms with Gasteiger partial charge in [0.25, 0.3) is 0 Å². The minimum absolute atomic E-state index is 1.15. The first-order valence-electron chi connectivity index (χ1n) is 23.6. The summed E-state index contributed by atoms with van der Waals surface area (Å²) in [5.74, 6) is 0. The minimum Gasteiger partial charge on any atom is -0.309 e. The molecule has 322 valence electrons. The highest BCUT2D eigenvalue weighted by Crippen LogP contribution is 2.45. The molecule has 5 aromatic heterocycles. The molecule has 0 atom stereocenters. The Morgan fingerprint density at radius 2 is 0.478 bits per heavy atom. The number of fused-ring (bicyclic) bond motifs is 12. The fourth-order valence-corrected chi connectivity index (χ4v) is 12.3. The number of thiophene rings is 1. The third-order valence-corrected chi connectivity index (χ3v) is 15.5. The Bertz CT molecular complexity index is 4220. The molecule has 15 rings (SSSR count). The highest BCUT2D eigenvalue weighted by atomic mass is 32.1. The summed E-state index contributed by atoms with van der Waals surface area (Å²) in [5.41, 5.74) is 16.7. The smallest absolute Gasteiger partial charge is 0.0548 e. The van der Waals surface area contributed by atoms with E-state index < -0.39 is 0 Å². The first-order chi connectivity index (χ1) is 34.2. The molecular formula is C64H40N4S. The third-order valence-electron chi connectivity index (χ3n) is 14.4. The summed E-state index contributed by atoms with van der Waals surface area (Å²) in [4.78, 5) is 2.48. The number of nitrogens with zero attached hydrogens (tertiary/aromatic N) is 4. The lowest BCUT2D eigenvalue weighted by Crippen LogP contribution is -1.94. The predicted octanol–water partition coefficient (Wildman–Crippen LogP) is 17.5. The maximum absolute atomic E-state index is 2.46. The van der Waals surface area contributed by atoms with Crippen LogP contribution in [0.5, 0.6) is 0 Å². The average molecular weight is 897 g/mol. The number of para-hydroxylation sites is 6. The molecule has 0 aliphatic heterocycles. The quantitative estimate of drug-likeness (QED) is 0.158. The van der Waals surface area contributed by atoms with E-state index in [1.54, 1.807) is 0 Å². The van der Waals surface area contributed by atoms with Crippen LogP contribution >= 0.6 is 11.3 Å². The van der Waals surface area contributed by atoms with E-state index in [-0.39, 0.29) is 0 Å². The standard InChI is InChI=1S/C64H40N4S/c1-5-17-43(18-6-1)65-55-27-15-13-25-47(55)51-37-61-53(39-59(51)65)49-31-29-41(35-57(49)67(61)45-21-9-3-10-22-45)63-33-34-64(69-63)42-30-32-50-54-40-60-52(38-62(54)68(58(50)36-42)46-23-11-4-12-24-46)48-26-14-16-28-56(48)66(60)44-19-7-2-8-20-44/h1-40H. The van der Waals surface area contributed by atoms with Crippen LogP contribution in [0, 0.1) is 0 Å². The van der Waals surface area contributed by atoms with Crippen molar-refractivity contribution in [2.75, 3.05) is 0 Å². The molecule has 5 heterocycles. The van der Waals surface area contributed by atoms with Crippen molar-refractivity contribution >= 4 is 98.6 Å². The largest absolute Gasteiger partial charge is 0.309 e. The van der Waals surface area contributed by atoms with E-state index in [9.17, 15) is 0 Å². The molecule has 0 amide bonds. The van der Waals surface area contributed by atoms with Crippen LogP contribution in [0.2, 0.25) is 0 Å². The molecule has 0 saturated heterocycles. The lowest BCUT2D eigenvalue weighted by molar-refractivity contribution is 1.17. The summed E-state index contributed by atoms with van der Waals surface area (Å²) in [5, 5.41) is 9.95. The number of benzene rings is 10. The second-order valence-electron chi connectivity index (χ2n) is 18.1. The van der Waals surface area contributed by atoms with Crippen molar-refractivity contribution in [3.05, 3.63) is 243 Å². The summed E-state index contributed by atoms with van der Waals surface area (Å²) >= 11 is 1.86. The van der Waals surface area contributed by atoms with Gasteiger partial charge in [-0.3, -0.25) is 0 Å². The van der Waals surface area contributed by atoms with Gasteiger partial charge in [0.2, 0.25) is 0 Å². The molecule has 0 saturated carbocycles. The average Bonchev–Trinajstić information content (AvgIpc) is 4.24. The number of hydrogen-bond acceptors (Lipinski definition) is 1. The molecule has 15 aromatic rings. The van der Waals surface area contributed by atoms with Gasteiger partial charge in [-0.25, -0.2) is 0 Å². The van der Waals surface area contributed by atoms with Gasteiger partial charge in [0.1, 0.15) is 0 Å². The van der Waals surface area contributed by atoms with Gasteiger partial charge in [-0.05, 0) is 120 Å². The van der Waals surface area contributed by atoms with Crippen LogP contribution < -0.4 is 0 Å². The molecular weight excluding hydrogens is 857 g/mol. The van der Waals surface area contributed by atoms with Gasteiger partial charge < -0.3 is 18.3 Å². The van der Waals surface area contributed by atoms with Crippen molar-refractivity contribution in [1.29, 1.82) is 0 Å². The Kier molecular flexibility index (Phi) is 8.20. The zero-order valence-corrected chi connectivity index (χ0v) is 38.1. The lowest BCUT2D eigenvalue weighted by atomic mass is 10.1. The second-order valence-corrected chi connectivity index (χ2v) is 19.2. The molecule has 0 spiro atoms. The van der Waals surface area contributed by atoms with E-state index in [2.05, 4.69) is 261 Å². The molecule has 0 fully saturated rings. The molecule has 5 heteroatoms. The zero-order valence-electron chi connectivity index (χ0n) is 37.3. The van der Waals surface area contributed by atoms with E-state index in [1.165, 1.54) is 108 Å². The molecule has 0 radical (unpaired) electrons. The summed E-state index contributed by atoms with van der Waals surface area (Å²) in [6.07, 6.45) is 0. The highest BCUT2D eigenvalue weighted by Gasteiger charge is 2.22. The van der Waals surface area contributed by atoms with Crippen molar-refractivity contribution in [2.24, 2.45) is 0 Å². The molecule has 69 heavy (non-hydrogen) atoms. The number of aromatic nitrogens is 4. The molecule has 4 nitrogen and oxygen atoms in total. The third kappa shape index (κ3) is 5.69. The predicted molar refractivity (Wildman–Crippen MR) is 293 cm³/mol. The van der Waals surface area contributed by atoms with Gasteiger partial charge in [0, 0.05) is 75.6 Å². The number of rotatable bonds is 6. The maximum atomic E-state index is 2.46.